The van der Waals surface area contributed by atoms with Crippen molar-refractivity contribution in [2.24, 2.45) is 0 Å². The van der Waals surface area contributed by atoms with Gasteiger partial charge in [0, 0.05) is 0 Å². The standard InChI is InChI=1S/C7H5FNO3/c8-6-4(7(10)11)2-1-3-5(6)9-12/h1-3,9H,(H,10,11)/q-1. The molecule has 0 atom stereocenters. The Morgan fingerprint density at radius 1 is 1.58 bits per heavy atom. The van der Waals surface area contributed by atoms with E-state index in [1.54, 1.807) is 0 Å². The first-order valence-electron chi connectivity index (χ1n) is 3.06. The highest BCUT2D eigenvalue weighted by atomic mass is 19.1. The van der Waals surface area contributed by atoms with Crippen LogP contribution in [-0.2, 0) is 0 Å². The van der Waals surface area contributed by atoms with E-state index in [4.69, 9.17) is 5.11 Å². The zero-order valence-electron chi connectivity index (χ0n) is 5.87. The molecule has 1 rings (SSSR count). The van der Waals surface area contributed by atoms with Crippen molar-refractivity contribution in [1.82, 2.24) is 0 Å². The summed E-state index contributed by atoms with van der Waals surface area (Å²) in [6.45, 7) is 0. The number of hydrogen-bond acceptors (Lipinski definition) is 3. The van der Waals surface area contributed by atoms with Gasteiger partial charge in [0.2, 0.25) is 0 Å². The molecule has 0 unspecified atom stereocenters. The summed E-state index contributed by atoms with van der Waals surface area (Å²) in [5, 5.41) is 18.5. The second-order valence-electron chi connectivity index (χ2n) is 2.07. The third-order valence-electron chi connectivity index (χ3n) is 1.34. The molecule has 0 aliphatic carbocycles. The molecule has 0 radical (unpaired) electrons. The molecule has 0 heterocycles. The highest BCUT2D eigenvalue weighted by molar-refractivity contribution is 5.89. The van der Waals surface area contributed by atoms with Gasteiger partial charge in [-0.2, -0.15) is 0 Å². The zero-order valence-corrected chi connectivity index (χ0v) is 5.87. The Kier molecular flexibility index (Phi) is 2.25. The lowest BCUT2D eigenvalue weighted by Crippen LogP contribution is -2.02. The Morgan fingerprint density at radius 3 is 2.75 bits per heavy atom. The molecule has 0 aliphatic rings. The number of halogens is 1. The van der Waals surface area contributed by atoms with Gasteiger partial charge in [-0.1, -0.05) is 6.07 Å². The molecule has 2 N–H and O–H groups in total. The van der Waals surface area contributed by atoms with Crippen LogP contribution in [0.5, 0.6) is 0 Å². The summed E-state index contributed by atoms with van der Waals surface area (Å²) in [6, 6.07) is 3.53. The van der Waals surface area contributed by atoms with Crippen LogP contribution in [0.4, 0.5) is 10.1 Å². The number of nitrogens with one attached hydrogen (secondary N) is 1. The number of anilines is 1. The van der Waals surface area contributed by atoms with Crippen molar-refractivity contribution < 1.29 is 14.3 Å². The van der Waals surface area contributed by atoms with Crippen LogP contribution in [0.1, 0.15) is 10.4 Å². The van der Waals surface area contributed by atoms with Crippen LogP contribution in [0.25, 0.3) is 0 Å². The summed E-state index contributed by atoms with van der Waals surface area (Å²) in [5.41, 5.74) is 0.419. The minimum atomic E-state index is -1.40. The molecule has 64 valence electrons. The van der Waals surface area contributed by atoms with Crippen LogP contribution < -0.4 is 5.48 Å². The predicted molar refractivity (Wildman–Crippen MR) is 40.3 cm³/mol. The lowest BCUT2D eigenvalue weighted by atomic mass is 10.2. The van der Waals surface area contributed by atoms with Gasteiger partial charge in [-0.3, -0.25) is 0 Å². The topological polar surface area (TPSA) is 72.4 Å². The van der Waals surface area contributed by atoms with Crippen molar-refractivity contribution in [2.75, 3.05) is 5.48 Å². The molecule has 0 aliphatic heterocycles. The van der Waals surface area contributed by atoms with Crippen molar-refractivity contribution in [3.8, 4) is 0 Å². The van der Waals surface area contributed by atoms with E-state index in [0.717, 1.165) is 12.1 Å². The van der Waals surface area contributed by atoms with Gasteiger partial charge >= 0.3 is 5.97 Å². The average Bonchev–Trinajstić information content (AvgIpc) is 2.04. The summed E-state index contributed by atoms with van der Waals surface area (Å²) in [4.78, 5) is 10.3. The van der Waals surface area contributed by atoms with Crippen LogP contribution in [-0.4, -0.2) is 11.1 Å². The smallest absolute Gasteiger partial charge is 0.338 e. The van der Waals surface area contributed by atoms with Gasteiger partial charge in [0.25, 0.3) is 0 Å². The number of carboxylic acids is 1. The maximum absolute atomic E-state index is 12.9. The largest absolute Gasteiger partial charge is 0.761 e. The van der Waals surface area contributed by atoms with E-state index < -0.39 is 17.3 Å². The van der Waals surface area contributed by atoms with E-state index in [2.05, 4.69) is 0 Å². The molecule has 1 aromatic carbocycles. The van der Waals surface area contributed by atoms with E-state index in [0.29, 0.717) is 0 Å². The summed E-state index contributed by atoms with van der Waals surface area (Å²) in [5.74, 6) is -2.44. The molecule has 0 saturated heterocycles. The van der Waals surface area contributed by atoms with Crippen LogP contribution >= 0.6 is 0 Å². The van der Waals surface area contributed by atoms with Crippen LogP contribution in [0.3, 0.4) is 0 Å². The third kappa shape index (κ3) is 1.35. The fourth-order valence-corrected chi connectivity index (χ4v) is 0.776. The maximum atomic E-state index is 12.9. The number of carbonyl (C=O) groups is 1. The lowest BCUT2D eigenvalue weighted by molar-refractivity contribution is 0.0692. The quantitative estimate of drug-likeness (QED) is 0.658. The van der Waals surface area contributed by atoms with Gasteiger partial charge < -0.3 is 15.8 Å². The van der Waals surface area contributed by atoms with Crippen LogP contribution in [0.2, 0.25) is 0 Å². The lowest BCUT2D eigenvalue weighted by Gasteiger charge is -2.10. The Balaban J connectivity index is 3.23. The first-order valence-corrected chi connectivity index (χ1v) is 3.06. The van der Waals surface area contributed by atoms with Gasteiger partial charge in [0.05, 0.1) is 11.3 Å². The predicted octanol–water partition coefficient (Wildman–Crippen LogP) is 1.43. The summed E-state index contributed by atoms with van der Waals surface area (Å²) >= 11 is 0. The molecular weight excluding hydrogens is 165 g/mol. The van der Waals surface area contributed by atoms with Crippen LogP contribution in [0, 0.1) is 11.0 Å². The minimum Gasteiger partial charge on any atom is -0.761 e. The van der Waals surface area contributed by atoms with Crippen molar-refractivity contribution in [1.29, 1.82) is 0 Å². The van der Waals surface area contributed by atoms with Crippen molar-refractivity contribution in [2.45, 2.75) is 0 Å². The summed E-state index contributed by atoms with van der Waals surface area (Å²) < 4.78 is 12.9. The minimum absolute atomic E-state index is 0.366. The fourth-order valence-electron chi connectivity index (χ4n) is 0.776. The fraction of sp³-hybridized carbons (Fsp3) is 0. The number of hydrogen-bond donors (Lipinski definition) is 2. The van der Waals surface area contributed by atoms with E-state index in [1.807, 2.05) is 0 Å². The summed E-state index contributed by atoms with van der Waals surface area (Å²) in [6.07, 6.45) is 0. The third-order valence-corrected chi connectivity index (χ3v) is 1.34. The highest BCUT2D eigenvalue weighted by Crippen LogP contribution is 2.17. The molecule has 0 amide bonds. The van der Waals surface area contributed by atoms with Gasteiger partial charge in [-0.15, -0.1) is 0 Å². The molecular formula is C7H5FNO3-. The van der Waals surface area contributed by atoms with E-state index >= 15 is 0 Å². The highest BCUT2D eigenvalue weighted by Gasteiger charge is 2.11. The Hall–Kier alpha value is -1.62. The molecule has 12 heavy (non-hydrogen) atoms. The number of carboxylic acid groups (broad SMARTS) is 1. The number of aromatic carboxylic acids is 1. The van der Waals surface area contributed by atoms with Gasteiger partial charge in [0.1, 0.15) is 0 Å². The van der Waals surface area contributed by atoms with Crippen molar-refractivity contribution in [3.05, 3.63) is 34.8 Å². The molecule has 0 bridgehead atoms. The van der Waals surface area contributed by atoms with Gasteiger partial charge in [0.15, 0.2) is 5.82 Å². The van der Waals surface area contributed by atoms with Crippen molar-refractivity contribution >= 4 is 11.7 Å². The van der Waals surface area contributed by atoms with E-state index in [-0.39, 0.29) is 5.69 Å². The SMILES string of the molecule is O=C(O)c1cccc(N[O-])c1F. The van der Waals surface area contributed by atoms with Gasteiger partial charge in [-0.25, -0.2) is 9.18 Å². The van der Waals surface area contributed by atoms with E-state index in [1.165, 1.54) is 11.5 Å². The monoisotopic (exact) mass is 170 g/mol. The first kappa shape index (κ1) is 8.48. The number of rotatable bonds is 2. The normalized spacial score (nSPS) is 9.50. The maximum Gasteiger partial charge on any atom is 0.338 e. The Labute approximate surface area is 67.2 Å². The molecule has 1 aromatic rings. The summed E-state index contributed by atoms with van der Waals surface area (Å²) in [7, 11) is 0. The second kappa shape index (κ2) is 3.19. The Morgan fingerprint density at radius 2 is 2.25 bits per heavy atom. The second-order valence-corrected chi connectivity index (χ2v) is 2.07. The van der Waals surface area contributed by atoms with Gasteiger partial charge in [-0.05, 0) is 12.1 Å². The molecule has 0 fully saturated rings. The Bertz CT molecular complexity index is 314. The molecule has 0 spiro atoms. The molecule has 4 nitrogen and oxygen atoms in total. The molecule has 0 aromatic heterocycles. The van der Waals surface area contributed by atoms with E-state index in [9.17, 15) is 14.4 Å². The number of benzene rings is 1. The zero-order chi connectivity index (χ0) is 9.14. The van der Waals surface area contributed by atoms with Crippen LogP contribution in [0.15, 0.2) is 18.2 Å². The average molecular weight is 170 g/mol. The van der Waals surface area contributed by atoms with Crippen molar-refractivity contribution in [3.63, 3.8) is 0 Å². The first-order chi connectivity index (χ1) is 5.66. The molecule has 5 heteroatoms. The molecule has 0 saturated carbocycles.